The van der Waals surface area contributed by atoms with Gasteiger partial charge in [0.15, 0.2) is 0 Å². The van der Waals surface area contributed by atoms with Gasteiger partial charge in [-0.05, 0) is 25.1 Å². The molecule has 0 saturated carbocycles. The zero-order valence-corrected chi connectivity index (χ0v) is 16.0. The summed E-state index contributed by atoms with van der Waals surface area (Å²) in [6.07, 6.45) is 0. The summed E-state index contributed by atoms with van der Waals surface area (Å²) in [5.41, 5.74) is 1.98. The summed E-state index contributed by atoms with van der Waals surface area (Å²) >= 11 is 3.48. The summed E-state index contributed by atoms with van der Waals surface area (Å²) in [5, 5.41) is 15.1. The number of hydrogen-bond donors (Lipinski definition) is 1. The SMILES string of the molecule is CC.CC.Cc1nn(CC(C)(C)CO)c2cc(Br)ccc12. The third kappa shape index (κ3) is 5.44. The van der Waals surface area contributed by atoms with Crippen LogP contribution in [0.4, 0.5) is 0 Å². The Labute approximate surface area is 137 Å². The molecule has 21 heavy (non-hydrogen) atoms. The van der Waals surface area contributed by atoms with Crippen molar-refractivity contribution in [1.29, 1.82) is 0 Å². The Morgan fingerprint density at radius 1 is 1.19 bits per heavy atom. The average molecular weight is 357 g/mol. The Morgan fingerprint density at radius 2 is 1.76 bits per heavy atom. The van der Waals surface area contributed by atoms with Gasteiger partial charge in [-0.15, -0.1) is 0 Å². The van der Waals surface area contributed by atoms with Crippen molar-refractivity contribution in [1.82, 2.24) is 9.78 Å². The largest absolute Gasteiger partial charge is 0.396 e. The topological polar surface area (TPSA) is 38.0 Å². The molecule has 1 aromatic heterocycles. The fourth-order valence-electron chi connectivity index (χ4n) is 1.89. The van der Waals surface area contributed by atoms with E-state index in [1.54, 1.807) is 0 Å². The monoisotopic (exact) mass is 356 g/mol. The van der Waals surface area contributed by atoms with Gasteiger partial charge in [0.25, 0.3) is 0 Å². The first-order chi connectivity index (χ1) is 9.93. The third-order valence-electron chi connectivity index (χ3n) is 2.90. The molecule has 0 bridgehead atoms. The van der Waals surface area contributed by atoms with Crippen LogP contribution in [0.1, 0.15) is 47.2 Å². The van der Waals surface area contributed by atoms with Gasteiger partial charge >= 0.3 is 0 Å². The van der Waals surface area contributed by atoms with E-state index >= 15 is 0 Å². The van der Waals surface area contributed by atoms with Crippen LogP contribution in [0.2, 0.25) is 0 Å². The molecule has 120 valence electrons. The number of rotatable bonds is 3. The lowest BCUT2D eigenvalue weighted by Crippen LogP contribution is -2.24. The molecule has 1 heterocycles. The maximum Gasteiger partial charge on any atom is 0.0696 e. The molecular weight excluding hydrogens is 328 g/mol. The fourth-order valence-corrected chi connectivity index (χ4v) is 2.24. The molecule has 0 aliphatic heterocycles. The zero-order chi connectivity index (χ0) is 16.6. The van der Waals surface area contributed by atoms with Crippen LogP contribution in [0.3, 0.4) is 0 Å². The van der Waals surface area contributed by atoms with Crippen molar-refractivity contribution >= 4 is 26.8 Å². The number of aliphatic hydroxyl groups excluding tert-OH is 1. The molecule has 0 spiro atoms. The second-order valence-electron chi connectivity index (χ2n) is 5.23. The minimum Gasteiger partial charge on any atom is -0.396 e. The molecular formula is C17H29BrN2O. The highest BCUT2D eigenvalue weighted by Gasteiger charge is 2.19. The van der Waals surface area contributed by atoms with E-state index < -0.39 is 0 Å². The summed E-state index contributed by atoms with van der Waals surface area (Å²) in [6, 6.07) is 6.17. The molecule has 2 rings (SSSR count). The summed E-state index contributed by atoms with van der Waals surface area (Å²) in [6.45, 7) is 15.0. The standard InChI is InChI=1S/C13H17BrN2O.2C2H6/c1-9-11-5-4-10(14)6-12(11)16(15-9)7-13(2,3)8-17;2*1-2/h4-6,17H,7-8H2,1-3H3;2*1-2H3. The molecule has 4 heteroatoms. The summed E-state index contributed by atoms with van der Waals surface area (Å²) in [4.78, 5) is 0. The molecule has 0 unspecified atom stereocenters. The van der Waals surface area contributed by atoms with Crippen LogP contribution in [-0.2, 0) is 6.54 Å². The van der Waals surface area contributed by atoms with Gasteiger partial charge in [-0.1, -0.05) is 57.5 Å². The molecule has 0 amide bonds. The fraction of sp³-hybridized carbons (Fsp3) is 0.588. The maximum absolute atomic E-state index is 9.34. The van der Waals surface area contributed by atoms with Crippen molar-refractivity contribution in [2.24, 2.45) is 5.41 Å². The smallest absolute Gasteiger partial charge is 0.0696 e. The van der Waals surface area contributed by atoms with E-state index in [1.807, 2.05) is 59.2 Å². The number of benzene rings is 1. The number of nitrogens with zero attached hydrogens (tertiary/aromatic N) is 2. The molecule has 0 saturated heterocycles. The van der Waals surface area contributed by atoms with Crippen molar-refractivity contribution < 1.29 is 5.11 Å². The van der Waals surface area contributed by atoms with Gasteiger partial charge in [-0.3, -0.25) is 4.68 Å². The van der Waals surface area contributed by atoms with Gasteiger partial charge in [0.2, 0.25) is 0 Å². The first kappa shape index (κ1) is 20.1. The molecule has 2 aromatic rings. The van der Waals surface area contributed by atoms with E-state index in [2.05, 4.69) is 33.2 Å². The van der Waals surface area contributed by atoms with Crippen LogP contribution in [0.15, 0.2) is 22.7 Å². The Bertz CT molecular complexity index is 547. The maximum atomic E-state index is 9.34. The number of aliphatic hydroxyl groups is 1. The van der Waals surface area contributed by atoms with Crippen molar-refractivity contribution in [2.45, 2.75) is 55.0 Å². The van der Waals surface area contributed by atoms with Crippen LogP contribution in [-0.4, -0.2) is 21.5 Å². The Morgan fingerprint density at radius 3 is 2.29 bits per heavy atom. The molecule has 0 atom stereocenters. The van der Waals surface area contributed by atoms with Crippen LogP contribution >= 0.6 is 15.9 Å². The van der Waals surface area contributed by atoms with E-state index in [9.17, 15) is 5.11 Å². The quantitative estimate of drug-likeness (QED) is 0.822. The summed E-state index contributed by atoms with van der Waals surface area (Å²) in [5.74, 6) is 0. The second kappa shape index (κ2) is 9.21. The lowest BCUT2D eigenvalue weighted by Gasteiger charge is -2.21. The number of fused-ring (bicyclic) bond motifs is 1. The summed E-state index contributed by atoms with van der Waals surface area (Å²) in [7, 11) is 0. The van der Waals surface area contributed by atoms with Crippen molar-refractivity contribution in [3.05, 3.63) is 28.4 Å². The molecule has 3 nitrogen and oxygen atoms in total. The normalized spacial score (nSPS) is 10.5. The van der Waals surface area contributed by atoms with E-state index in [0.717, 1.165) is 15.7 Å². The minimum absolute atomic E-state index is 0.154. The van der Waals surface area contributed by atoms with E-state index in [0.29, 0.717) is 6.54 Å². The summed E-state index contributed by atoms with van der Waals surface area (Å²) < 4.78 is 3.03. The van der Waals surface area contributed by atoms with Gasteiger partial charge < -0.3 is 5.11 Å². The van der Waals surface area contributed by atoms with E-state index in [4.69, 9.17) is 0 Å². The predicted molar refractivity (Wildman–Crippen MR) is 95.7 cm³/mol. The highest BCUT2D eigenvalue weighted by atomic mass is 79.9. The predicted octanol–water partition coefficient (Wildman–Crippen LogP) is 5.18. The van der Waals surface area contributed by atoms with Crippen LogP contribution < -0.4 is 0 Å². The molecule has 0 radical (unpaired) electrons. The lowest BCUT2D eigenvalue weighted by molar-refractivity contribution is 0.138. The van der Waals surface area contributed by atoms with Gasteiger partial charge in [-0.25, -0.2) is 0 Å². The Kier molecular flexibility index (Phi) is 8.83. The number of halogens is 1. The van der Waals surface area contributed by atoms with E-state index in [1.165, 1.54) is 5.39 Å². The van der Waals surface area contributed by atoms with Gasteiger partial charge in [0.05, 0.1) is 11.2 Å². The van der Waals surface area contributed by atoms with Gasteiger partial charge in [0.1, 0.15) is 0 Å². The molecule has 0 fully saturated rings. The number of hydrogen-bond acceptors (Lipinski definition) is 2. The van der Waals surface area contributed by atoms with Crippen LogP contribution in [0, 0.1) is 12.3 Å². The molecule has 0 aliphatic carbocycles. The van der Waals surface area contributed by atoms with E-state index in [-0.39, 0.29) is 12.0 Å². The third-order valence-corrected chi connectivity index (χ3v) is 3.40. The van der Waals surface area contributed by atoms with Crippen molar-refractivity contribution in [2.75, 3.05) is 6.61 Å². The van der Waals surface area contributed by atoms with Gasteiger partial charge in [0, 0.05) is 28.4 Å². The average Bonchev–Trinajstić information content (AvgIpc) is 2.78. The second-order valence-corrected chi connectivity index (χ2v) is 6.14. The molecule has 1 aromatic carbocycles. The first-order valence-electron chi connectivity index (χ1n) is 7.66. The van der Waals surface area contributed by atoms with Crippen LogP contribution in [0.5, 0.6) is 0 Å². The zero-order valence-electron chi connectivity index (χ0n) is 14.4. The lowest BCUT2D eigenvalue weighted by atomic mass is 9.95. The molecule has 1 N–H and O–H groups in total. The number of aryl methyl sites for hydroxylation is 1. The van der Waals surface area contributed by atoms with Crippen molar-refractivity contribution in [3.63, 3.8) is 0 Å². The van der Waals surface area contributed by atoms with Crippen molar-refractivity contribution in [3.8, 4) is 0 Å². The minimum atomic E-state index is -0.159. The highest BCUT2D eigenvalue weighted by Crippen LogP contribution is 2.25. The van der Waals surface area contributed by atoms with Gasteiger partial charge in [-0.2, -0.15) is 5.10 Å². The first-order valence-corrected chi connectivity index (χ1v) is 8.46. The number of aromatic nitrogens is 2. The Hall–Kier alpha value is -0.870. The van der Waals surface area contributed by atoms with Crippen LogP contribution in [0.25, 0.3) is 10.9 Å². The Balaban J connectivity index is 0.000000921. The molecule has 0 aliphatic rings. The highest BCUT2D eigenvalue weighted by molar-refractivity contribution is 9.10.